The fraction of sp³-hybridized carbons (Fsp3) is 0.154. The van der Waals surface area contributed by atoms with E-state index in [-0.39, 0.29) is 5.82 Å². The van der Waals surface area contributed by atoms with E-state index < -0.39 is 5.82 Å². The summed E-state index contributed by atoms with van der Waals surface area (Å²) in [5.74, 6) is -0.778. The average molecular weight is 219 g/mol. The zero-order valence-corrected chi connectivity index (χ0v) is 9.09. The van der Waals surface area contributed by atoms with E-state index in [1.807, 2.05) is 13.0 Å². The van der Waals surface area contributed by atoms with Crippen LogP contribution in [0, 0.1) is 25.5 Å². The van der Waals surface area contributed by atoms with Gasteiger partial charge in [0.25, 0.3) is 0 Å². The zero-order chi connectivity index (χ0) is 11.7. The van der Waals surface area contributed by atoms with Crippen molar-refractivity contribution in [1.82, 2.24) is 4.98 Å². The molecule has 0 fully saturated rings. The van der Waals surface area contributed by atoms with E-state index in [9.17, 15) is 8.78 Å². The molecule has 1 heterocycles. The summed E-state index contributed by atoms with van der Waals surface area (Å²) in [7, 11) is 0. The lowest BCUT2D eigenvalue weighted by Crippen LogP contribution is -1.93. The van der Waals surface area contributed by atoms with Crippen LogP contribution in [0.15, 0.2) is 30.5 Å². The van der Waals surface area contributed by atoms with Gasteiger partial charge in [-0.15, -0.1) is 0 Å². The topological polar surface area (TPSA) is 12.9 Å². The van der Waals surface area contributed by atoms with Gasteiger partial charge in [-0.3, -0.25) is 4.98 Å². The highest BCUT2D eigenvalue weighted by atomic mass is 19.1. The second-order valence-corrected chi connectivity index (χ2v) is 3.80. The highest BCUT2D eigenvalue weighted by molar-refractivity contribution is 5.64. The maximum Gasteiger partial charge on any atom is 0.133 e. The van der Waals surface area contributed by atoms with Gasteiger partial charge < -0.3 is 0 Å². The van der Waals surface area contributed by atoms with Crippen molar-refractivity contribution in [1.29, 1.82) is 0 Å². The number of benzene rings is 1. The molecule has 0 aliphatic carbocycles. The molecule has 0 N–H and O–H groups in total. The summed E-state index contributed by atoms with van der Waals surface area (Å²) in [6.45, 7) is 3.61. The average Bonchev–Trinajstić information content (AvgIpc) is 2.15. The van der Waals surface area contributed by atoms with Crippen LogP contribution in [0.25, 0.3) is 11.3 Å². The Balaban J connectivity index is 2.64. The molecule has 0 spiro atoms. The van der Waals surface area contributed by atoms with Crippen molar-refractivity contribution in [2.24, 2.45) is 0 Å². The number of aromatic nitrogens is 1. The first-order chi connectivity index (χ1) is 7.58. The van der Waals surface area contributed by atoms with Gasteiger partial charge in [-0.2, -0.15) is 0 Å². The number of rotatable bonds is 1. The molecule has 0 atom stereocenters. The number of hydrogen-bond donors (Lipinski definition) is 0. The molecule has 0 aliphatic rings. The van der Waals surface area contributed by atoms with Gasteiger partial charge in [0.05, 0.1) is 5.69 Å². The van der Waals surface area contributed by atoms with Gasteiger partial charge in [0.15, 0.2) is 0 Å². The Labute approximate surface area is 92.8 Å². The lowest BCUT2D eigenvalue weighted by atomic mass is 10.0. The van der Waals surface area contributed by atoms with E-state index >= 15 is 0 Å². The Hall–Kier alpha value is -1.77. The normalized spacial score (nSPS) is 10.5. The second-order valence-electron chi connectivity index (χ2n) is 3.80. The molecule has 2 rings (SSSR count). The first-order valence-corrected chi connectivity index (χ1v) is 4.96. The number of pyridine rings is 1. The molecule has 0 amide bonds. The third kappa shape index (κ3) is 1.94. The van der Waals surface area contributed by atoms with Crippen LogP contribution in [0.1, 0.15) is 11.1 Å². The Kier molecular flexibility index (Phi) is 2.69. The fourth-order valence-electron chi connectivity index (χ4n) is 1.78. The standard InChI is InChI=1S/C13H11F2N/c1-8-5-9(2)13(11(15)6-8)12-7-10(14)3-4-16-12/h3-7H,1-2H3. The van der Waals surface area contributed by atoms with Crippen molar-refractivity contribution < 1.29 is 8.78 Å². The number of halogens is 2. The first-order valence-electron chi connectivity index (χ1n) is 4.96. The first kappa shape index (κ1) is 10.7. The largest absolute Gasteiger partial charge is 0.256 e. The lowest BCUT2D eigenvalue weighted by molar-refractivity contribution is 0.621. The summed E-state index contributed by atoms with van der Waals surface area (Å²) >= 11 is 0. The second kappa shape index (κ2) is 4.00. The highest BCUT2D eigenvalue weighted by Crippen LogP contribution is 2.26. The fourth-order valence-corrected chi connectivity index (χ4v) is 1.78. The zero-order valence-electron chi connectivity index (χ0n) is 9.09. The molecule has 16 heavy (non-hydrogen) atoms. The quantitative estimate of drug-likeness (QED) is 0.713. The van der Waals surface area contributed by atoms with E-state index in [1.165, 1.54) is 24.4 Å². The maximum atomic E-state index is 13.8. The van der Waals surface area contributed by atoms with Crippen molar-refractivity contribution in [2.75, 3.05) is 0 Å². The summed E-state index contributed by atoms with van der Waals surface area (Å²) in [5.41, 5.74) is 2.30. The minimum Gasteiger partial charge on any atom is -0.256 e. The summed E-state index contributed by atoms with van der Waals surface area (Å²) < 4.78 is 26.8. The maximum absolute atomic E-state index is 13.8. The molecule has 0 radical (unpaired) electrons. The van der Waals surface area contributed by atoms with Gasteiger partial charge in [0, 0.05) is 17.8 Å². The van der Waals surface area contributed by atoms with Gasteiger partial charge in [0.1, 0.15) is 11.6 Å². The van der Waals surface area contributed by atoms with Gasteiger partial charge in [-0.1, -0.05) is 6.07 Å². The smallest absolute Gasteiger partial charge is 0.133 e. The minimum atomic E-state index is -0.413. The van der Waals surface area contributed by atoms with Crippen molar-refractivity contribution in [2.45, 2.75) is 13.8 Å². The SMILES string of the molecule is Cc1cc(C)c(-c2cc(F)ccn2)c(F)c1. The summed E-state index contributed by atoms with van der Waals surface area (Å²) in [5, 5.41) is 0. The van der Waals surface area contributed by atoms with Gasteiger partial charge in [-0.25, -0.2) is 8.78 Å². The molecule has 82 valence electrons. The lowest BCUT2D eigenvalue weighted by Gasteiger charge is -2.08. The highest BCUT2D eigenvalue weighted by Gasteiger charge is 2.11. The summed E-state index contributed by atoms with van der Waals surface area (Å²) in [4.78, 5) is 3.98. The molecule has 1 aromatic carbocycles. The van der Waals surface area contributed by atoms with Crippen LogP contribution in [0.3, 0.4) is 0 Å². The van der Waals surface area contributed by atoms with Crippen LogP contribution in [-0.2, 0) is 0 Å². The number of hydrogen-bond acceptors (Lipinski definition) is 1. The Morgan fingerprint density at radius 3 is 2.44 bits per heavy atom. The predicted molar refractivity (Wildman–Crippen MR) is 59.1 cm³/mol. The van der Waals surface area contributed by atoms with Crippen molar-refractivity contribution >= 4 is 0 Å². The van der Waals surface area contributed by atoms with E-state index in [4.69, 9.17) is 0 Å². The third-order valence-electron chi connectivity index (χ3n) is 2.41. The van der Waals surface area contributed by atoms with E-state index in [0.717, 1.165) is 11.1 Å². The predicted octanol–water partition coefficient (Wildman–Crippen LogP) is 3.64. The molecule has 0 aliphatic heterocycles. The molecule has 2 aromatic rings. The minimum absolute atomic E-state index is 0.329. The van der Waals surface area contributed by atoms with Crippen molar-refractivity contribution in [3.8, 4) is 11.3 Å². The molecule has 0 unspecified atom stereocenters. The van der Waals surface area contributed by atoms with Crippen LogP contribution in [0.4, 0.5) is 8.78 Å². The monoisotopic (exact) mass is 219 g/mol. The molecule has 3 heteroatoms. The molecule has 0 saturated heterocycles. The summed E-state index contributed by atoms with van der Waals surface area (Å²) in [6.07, 6.45) is 1.34. The van der Waals surface area contributed by atoms with Crippen LogP contribution in [0.2, 0.25) is 0 Å². The van der Waals surface area contributed by atoms with E-state index in [0.29, 0.717) is 11.3 Å². The van der Waals surface area contributed by atoms with Crippen LogP contribution in [0.5, 0.6) is 0 Å². The summed E-state index contributed by atoms with van der Waals surface area (Å²) in [6, 6.07) is 5.76. The molecular weight excluding hydrogens is 208 g/mol. The third-order valence-corrected chi connectivity index (χ3v) is 2.41. The molecule has 0 saturated carbocycles. The van der Waals surface area contributed by atoms with Crippen molar-refractivity contribution in [3.63, 3.8) is 0 Å². The Bertz CT molecular complexity index is 512. The number of aryl methyl sites for hydroxylation is 2. The van der Waals surface area contributed by atoms with E-state index in [1.54, 1.807) is 6.92 Å². The van der Waals surface area contributed by atoms with Crippen LogP contribution in [-0.4, -0.2) is 4.98 Å². The van der Waals surface area contributed by atoms with Crippen molar-refractivity contribution in [3.05, 3.63) is 53.2 Å². The number of nitrogens with zero attached hydrogens (tertiary/aromatic N) is 1. The van der Waals surface area contributed by atoms with Crippen LogP contribution >= 0.6 is 0 Å². The Morgan fingerprint density at radius 2 is 1.81 bits per heavy atom. The van der Waals surface area contributed by atoms with Gasteiger partial charge >= 0.3 is 0 Å². The van der Waals surface area contributed by atoms with Gasteiger partial charge in [-0.05, 0) is 37.1 Å². The molecular formula is C13H11F2N. The van der Waals surface area contributed by atoms with Crippen LogP contribution < -0.4 is 0 Å². The molecule has 0 bridgehead atoms. The molecule has 1 aromatic heterocycles. The van der Waals surface area contributed by atoms with E-state index in [2.05, 4.69) is 4.98 Å². The molecule has 1 nitrogen and oxygen atoms in total. The van der Waals surface area contributed by atoms with Gasteiger partial charge in [0.2, 0.25) is 0 Å². The Morgan fingerprint density at radius 1 is 1.06 bits per heavy atom.